The van der Waals surface area contributed by atoms with Gasteiger partial charge in [0.25, 0.3) is 5.69 Å². The fourth-order valence-electron chi connectivity index (χ4n) is 1.45. The number of hydrogen-bond acceptors (Lipinski definition) is 6. The summed E-state index contributed by atoms with van der Waals surface area (Å²) in [5.74, 6) is 0.726. The molecule has 0 saturated carbocycles. The number of aliphatic imine (C=N–C) groups is 1. The molecular formula is C12H16N2O5. The summed E-state index contributed by atoms with van der Waals surface area (Å²) in [4.78, 5) is 14.6. The van der Waals surface area contributed by atoms with Crippen LogP contribution in [-0.2, 0) is 4.74 Å². The summed E-state index contributed by atoms with van der Waals surface area (Å²) in [6.45, 7) is 0.888. The molecule has 0 bridgehead atoms. The summed E-state index contributed by atoms with van der Waals surface area (Å²) in [7, 11) is 4.46. The second-order valence-electron chi connectivity index (χ2n) is 3.55. The van der Waals surface area contributed by atoms with E-state index in [-0.39, 0.29) is 5.69 Å². The third-order valence-electron chi connectivity index (χ3n) is 2.38. The van der Waals surface area contributed by atoms with E-state index in [1.165, 1.54) is 32.6 Å². The lowest BCUT2D eigenvalue weighted by atomic mass is 10.1. The van der Waals surface area contributed by atoms with E-state index in [2.05, 4.69) is 4.99 Å². The second kappa shape index (κ2) is 7.32. The van der Waals surface area contributed by atoms with Crippen LogP contribution in [-0.4, -0.2) is 45.6 Å². The molecule has 0 amide bonds. The molecule has 7 heteroatoms. The van der Waals surface area contributed by atoms with Gasteiger partial charge in [-0.25, -0.2) is 0 Å². The molecule has 0 spiro atoms. The van der Waals surface area contributed by atoms with Crippen LogP contribution in [0.3, 0.4) is 0 Å². The number of ether oxygens (including phenoxy) is 3. The SMILES string of the molecule is COCCN=Cc1cc(OC)c(OC)cc1[N+](=O)[O-]. The Morgan fingerprint density at radius 3 is 2.42 bits per heavy atom. The van der Waals surface area contributed by atoms with Crippen molar-refractivity contribution in [3.63, 3.8) is 0 Å². The Kier molecular flexibility index (Phi) is 5.74. The molecule has 0 heterocycles. The summed E-state index contributed by atoms with van der Waals surface area (Å²) in [6, 6.07) is 2.84. The number of nitro benzene ring substituents is 1. The van der Waals surface area contributed by atoms with Gasteiger partial charge in [-0.05, 0) is 6.07 Å². The van der Waals surface area contributed by atoms with Gasteiger partial charge in [0.2, 0.25) is 0 Å². The maximum absolute atomic E-state index is 11.0. The van der Waals surface area contributed by atoms with Crippen LogP contribution < -0.4 is 9.47 Å². The van der Waals surface area contributed by atoms with Gasteiger partial charge in [-0.1, -0.05) is 0 Å². The average molecular weight is 268 g/mol. The molecule has 0 aliphatic rings. The van der Waals surface area contributed by atoms with Crippen molar-refractivity contribution in [3.8, 4) is 11.5 Å². The van der Waals surface area contributed by atoms with E-state index in [1.807, 2.05) is 0 Å². The van der Waals surface area contributed by atoms with Gasteiger partial charge in [0.05, 0.1) is 43.9 Å². The predicted octanol–water partition coefficient (Wildman–Crippen LogP) is 1.68. The number of rotatable bonds is 7. The van der Waals surface area contributed by atoms with Crippen molar-refractivity contribution in [1.82, 2.24) is 0 Å². The fraction of sp³-hybridized carbons (Fsp3) is 0.417. The highest BCUT2D eigenvalue weighted by atomic mass is 16.6. The highest BCUT2D eigenvalue weighted by Crippen LogP contribution is 2.33. The Bertz CT molecular complexity index is 473. The Morgan fingerprint density at radius 1 is 1.26 bits per heavy atom. The molecule has 0 N–H and O–H groups in total. The van der Waals surface area contributed by atoms with Crippen molar-refractivity contribution in [3.05, 3.63) is 27.8 Å². The van der Waals surface area contributed by atoms with E-state index < -0.39 is 4.92 Å². The molecule has 7 nitrogen and oxygen atoms in total. The first-order chi connectivity index (χ1) is 9.13. The van der Waals surface area contributed by atoms with Crippen LogP contribution in [0.25, 0.3) is 0 Å². The molecule has 0 radical (unpaired) electrons. The fourth-order valence-corrected chi connectivity index (χ4v) is 1.45. The van der Waals surface area contributed by atoms with E-state index in [0.29, 0.717) is 30.2 Å². The minimum absolute atomic E-state index is 0.0844. The summed E-state index contributed by atoms with van der Waals surface area (Å²) in [5, 5.41) is 11.0. The molecule has 19 heavy (non-hydrogen) atoms. The zero-order valence-corrected chi connectivity index (χ0v) is 11.1. The van der Waals surface area contributed by atoms with Gasteiger partial charge >= 0.3 is 0 Å². The molecule has 0 aliphatic heterocycles. The molecule has 1 aromatic carbocycles. The molecule has 0 unspecified atom stereocenters. The van der Waals surface area contributed by atoms with Crippen LogP contribution in [0.1, 0.15) is 5.56 Å². The van der Waals surface area contributed by atoms with Crippen LogP contribution >= 0.6 is 0 Å². The van der Waals surface area contributed by atoms with E-state index in [1.54, 1.807) is 7.11 Å². The molecule has 0 aromatic heterocycles. The molecule has 1 aromatic rings. The van der Waals surface area contributed by atoms with Gasteiger partial charge in [0, 0.05) is 13.3 Å². The molecule has 0 saturated heterocycles. The molecule has 0 atom stereocenters. The molecule has 104 valence electrons. The first-order valence-corrected chi connectivity index (χ1v) is 5.53. The highest BCUT2D eigenvalue weighted by Gasteiger charge is 2.18. The Hall–Kier alpha value is -2.15. The van der Waals surface area contributed by atoms with Crippen molar-refractivity contribution >= 4 is 11.9 Å². The van der Waals surface area contributed by atoms with Crippen molar-refractivity contribution < 1.29 is 19.1 Å². The number of hydrogen-bond donors (Lipinski definition) is 0. The van der Waals surface area contributed by atoms with Gasteiger partial charge in [0.1, 0.15) is 0 Å². The largest absolute Gasteiger partial charge is 0.493 e. The van der Waals surface area contributed by atoms with E-state index in [4.69, 9.17) is 14.2 Å². The molecule has 0 aliphatic carbocycles. The summed E-state index contributed by atoms with van der Waals surface area (Å²) in [6.07, 6.45) is 1.43. The van der Waals surface area contributed by atoms with Crippen LogP contribution in [0.15, 0.2) is 17.1 Å². The third kappa shape index (κ3) is 3.92. The molecule has 1 rings (SSSR count). The van der Waals surface area contributed by atoms with Crippen LogP contribution in [0.4, 0.5) is 5.69 Å². The van der Waals surface area contributed by atoms with E-state index in [9.17, 15) is 10.1 Å². The summed E-state index contributed by atoms with van der Waals surface area (Å²) in [5.41, 5.74) is 0.276. The highest BCUT2D eigenvalue weighted by molar-refractivity contribution is 5.87. The van der Waals surface area contributed by atoms with Crippen molar-refractivity contribution in [2.24, 2.45) is 4.99 Å². The van der Waals surface area contributed by atoms with Gasteiger partial charge in [-0.15, -0.1) is 0 Å². The number of benzene rings is 1. The van der Waals surface area contributed by atoms with Gasteiger partial charge < -0.3 is 14.2 Å². The number of nitrogens with zero attached hydrogens (tertiary/aromatic N) is 2. The van der Waals surface area contributed by atoms with E-state index in [0.717, 1.165) is 0 Å². The molecule has 0 fully saturated rings. The maximum Gasteiger partial charge on any atom is 0.282 e. The zero-order chi connectivity index (χ0) is 14.3. The van der Waals surface area contributed by atoms with Gasteiger partial charge in [-0.3, -0.25) is 15.1 Å². The van der Waals surface area contributed by atoms with Gasteiger partial charge in [-0.2, -0.15) is 0 Å². The monoisotopic (exact) mass is 268 g/mol. The zero-order valence-electron chi connectivity index (χ0n) is 11.1. The normalized spacial score (nSPS) is 10.7. The third-order valence-corrected chi connectivity index (χ3v) is 2.38. The second-order valence-corrected chi connectivity index (χ2v) is 3.55. The van der Waals surface area contributed by atoms with Crippen LogP contribution in [0.5, 0.6) is 11.5 Å². The molecular weight excluding hydrogens is 252 g/mol. The van der Waals surface area contributed by atoms with E-state index >= 15 is 0 Å². The van der Waals surface area contributed by atoms with Crippen molar-refractivity contribution in [2.75, 3.05) is 34.5 Å². The van der Waals surface area contributed by atoms with Crippen LogP contribution in [0.2, 0.25) is 0 Å². The first-order valence-electron chi connectivity index (χ1n) is 5.53. The lowest BCUT2D eigenvalue weighted by molar-refractivity contribution is -0.385. The average Bonchev–Trinajstić information content (AvgIpc) is 2.42. The minimum atomic E-state index is -0.486. The summed E-state index contributed by atoms with van der Waals surface area (Å²) >= 11 is 0. The van der Waals surface area contributed by atoms with Crippen molar-refractivity contribution in [2.45, 2.75) is 0 Å². The first kappa shape index (κ1) is 14.9. The predicted molar refractivity (Wildman–Crippen MR) is 70.5 cm³/mol. The van der Waals surface area contributed by atoms with Crippen molar-refractivity contribution in [1.29, 1.82) is 0 Å². The quantitative estimate of drug-likeness (QED) is 0.325. The Balaban J connectivity index is 3.12. The van der Waals surface area contributed by atoms with Crippen LogP contribution in [0, 0.1) is 10.1 Å². The Morgan fingerprint density at radius 2 is 1.89 bits per heavy atom. The Labute approximate surface area is 111 Å². The van der Waals surface area contributed by atoms with Gasteiger partial charge in [0.15, 0.2) is 11.5 Å². The lowest BCUT2D eigenvalue weighted by Crippen LogP contribution is -2.00. The topological polar surface area (TPSA) is 83.2 Å². The lowest BCUT2D eigenvalue weighted by Gasteiger charge is -2.08. The maximum atomic E-state index is 11.0. The number of methoxy groups -OCH3 is 3. The minimum Gasteiger partial charge on any atom is -0.493 e. The smallest absolute Gasteiger partial charge is 0.282 e. The number of nitro groups is 1. The summed E-state index contributed by atoms with van der Waals surface area (Å²) < 4.78 is 15.0. The standard InChI is InChI=1S/C12H16N2O5/c1-17-5-4-13-8-9-6-11(18-2)12(19-3)7-10(9)14(15)16/h6-8H,4-5H2,1-3H3.